The Morgan fingerprint density at radius 3 is 2.95 bits per heavy atom. The summed E-state index contributed by atoms with van der Waals surface area (Å²) in [5.74, 6) is 1.30. The van der Waals surface area contributed by atoms with Gasteiger partial charge in [-0.2, -0.15) is 0 Å². The second kappa shape index (κ2) is 5.27. The van der Waals surface area contributed by atoms with E-state index >= 15 is 0 Å². The van der Waals surface area contributed by atoms with E-state index in [-0.39, 0.29) is 18.1 Å². The van der Waals surface area contributed by atoms with Crippen molar-refractivity contribution in [3.8, 4) is 5.75 Å². The van der Waals surface area contributed by atoms with Gasteiger partial charge in [-0.05, 0) is 32.4 Å². The zero-order valence-corrected chi connectivity index (χ0v) is 12.3. The molecule has 0 aliphatic carbocycles. The first-order valence-corrected chi connectivity index (χ1v) is 7.26. The molecule has 2 heterocycles. The first-order valence-electron chi connectivity index (χ1n) is 7.26. The number of hydrogen-bond acceptors (Lipinski definition) is 4. The minimum Gasteiger partial charge on any atom is -0.489 e. The van der Waals surface area contributed by atoms with Crippen LogP contribution in [0.2, 0.25) is 0 Å². The first kappa shape index (κ1) is 13.7. The summed E-state index contributed by atoms with van der Waals surface area (Å²) in [6.07, 6.45) is 1.37. The molecule has 1 amide bonds. The highest BCUT2D eigenvalue weighted by molar-refractivity contribution is 5.85. The number of benzene rings is 1. The van der Waals surface area contributed by atoms with Crippen molar-refractivity contribution in [2.75, 3.05) is 12.3 Å². The molecule has 1 unspecified atom stereocenters. The molecule has 0 spiro atoms. The van der Waals surface area contributed by atoms with Crippen LogP contribution in [-0.2, 0) is 4.79 Å². The molecule has 6 nitrogen and oxygen atoms in total. The van der Waals surface area contributed by atoms with Crippen molar-refractivity contribution in [2.45, 2.75) is 38.8 Å². The lowest BCUT2D eigenvalue weighted by Crippen LogP contribution is -2.36. The predicted molar refractivity (Wildman–Crippen MR) is 81.2 cm³/mol. The number of nitrogens with two attached hydrogens (primary N) is 1. The number of carbonyl (C=O) groups is 1. The minimum absolute atomic E-state index is 0.0796. The number of fused-ring (bicyclic) bond motifs is 1. The van der Waals surface area contributed by atoms with Crippen molar-refractivity contribution < 1.29 is 9.53 Å². The second-order valence-electron chi connectivity index (χ2n) is 5.63. The average Bonchev–Trinajstić information content (AvgIpc) is 2.77. The molecular weight excluding hydrogens is 268 g/mol. The molecule has 0 radical (unpaired) electrons. The number of hydrogen-bond donors (Lipinski definition) is 2. The number of carbonyl (C=O) groups excluding carboxylic acids is 1. The van der Waals surface area contributed by atoms with Crippen LogP contribution in [0.1, 0.15) is 32.7 Å². The molecule has 112 valence electrons. The highest BCUT2D eigenvalue weighted by Gasteiger charge is 2.24. The van der Waals surface area contributed by atoms with E-state index < -0.39 is 0 Å². The molecule has 21 heavy (non-hydrogen) atoms. The standard InChI is InChI=1S/C15H20N4O2/c1-9(2)21-12-5-3-4-11-14(12)18-15(16)19(11)10-6-7-13(20)17-8-10/h3-5,9-10H,6-8H2,1-2H3,(H2,16,18)(H,17,20). The van der Waals surface area contributed by atoms with Crippen LogP contribution in [0.15, 0.2) is 18.2 Å². The maximum atomic E-state index is 11.3. The molecular formula is C15H20N4O2. The molecule has 1 atom stereocenters. The number of aromatic nitrogens is 2. The van der Waals surface area contributed by atoms with Gasteiger partial charge in [0.1, 0.15) is 11.3 Å². The van der Waals surface area contributed by atoms with E-state index in [0.29, 0.717) is 18.9 Å². The van der Waals surface area contributed by atoms with Crippen LogP contribution < -0.4 is 15.8 Å². The third-order valence-electron chi connectivity index (χ3n) is 3.68. The molecule has 2 aromatic rings. The van der Waals surface area contributed by atoms with Gasteiger partial charge < -0.3 is 20.4 Å². The van der Waals surface area contributed by atoms with Gasteiger partial charge in [0, 0.05) is 13.0 Å². The average molecular weight is 288 g/mol. The van der Waals surface area contributed by atoms with Gasteiger partial charge in [-0.15, -0.1) is 0 Å². The van der Waals surface area contributed by atoms with Crippen molar-refractivity contribution in [2.24, 2.45) is 0 Å². The monoisotopic (exact) mass is 288 g/mol. The van der Waals surface area contributed by atoms with E-state index in [2.05, 4.69) is 10.3 Å². The molecule has 1 aliphatic rings. The van der Waals surface area contributed by atoms with Crippen LogP contribution >= 0.6 is 0 Å². The number of amides is 1. The van der Waals surface area contributed by atoms with Gasteiger partial charge in [0.05, 0.1) is 17.7 Å². The fraction of sp³-hybridized carbons (Fsp3) is 0.467. The molecule has 3 N–H and O–H groups in total. The third-order valence-corrected chi connectivity index (χ3v) is 3.68. The molecule has 0 saturated carbocycles. The number of imidazole rings is 1. The van der Waals surface area contributed by atoms with Gasteiger partial charge in [0.2, 0.25) is 11.9 Å². The summed E-state index contributed by atoms with van der Waals surface area (Å²) in [7, 11) is 0. The number of para-hydroxylation sites is 1. The highest BCUT2D eigenvalue weighted by atomic mass is 16.5. The van der Waals surface area contributed by atoms with E-state index in [1.165, 1.54) is 0 Å². The van der Waals surface area contributed by atoms with Crippen LogP contribution in [0.5, 0.6) is 5.75 Å². The van der Waals surface area contributed by atoms with E-state index in [1.54, 1.807) is 0 Å². The molecule has 0 bridgehead atoms. The number of nitrogens with zero attached hydrogens (tertiary/aromatic N) is 2. The van der Waals surface area contributed by atoms with Crippen molar-refractivity contribution in [3.63, 3.8) is 0 Å². The van der Waals surface area contributed by atoms with Gasteiger partial charge >= 0.3 is 0 Å². The Morgan fingerprint density at radius 1 is 1.48 bits per heavy atom. The molecule has 3 rings (SSSR count). The zero-order chi connectivity index (χ0) is 15.0. The lowest BCUT2D eigenvalue weighted by atomic mass is 10.1. The van der Waals surface area contributed by atoms with Crippen molar-refractivity contribution in [3.05, 3.63) is 18.2 Å². The fourth-order valence-electron chi connectivity index (χ4n) is 2.78. The fourth-order valence-corrected chi connectivity index (χ4v) is 2.78. The summed E-state index contributed by atoms with van der Waals surface area (Å²) >= 11 is 0. The summed E-state index contributed by atoms with van der Waals surface area (Å²) in [5.41, 5.74) is 7.83. The van der Waals surface area contributed by atoms with Gasteiger partial charge in [-0.3, -0.25) is 4.79 Å². The van der Waals surface area contributed by atoms with E-state index in [0.717, 1.165) is 23.2 Å². The first-order chi connectivity index (χ1) is 10.1. The highest BCUT2D eigenvalue weighted by Crippen LogP contribution is 2.32. The molecule has 6 heteroatoms. The molecule has 1 fully saturated rings. The van der Waals surface area contributed by atoms with Gasteiger partial charge in [-0.1, -0.05) is 6.07 Å². The molecule has 1 saturated heterocycles. The lowest BCUT2D eigenvalue weighted by Gasteiger charge is -2.25. The van der Waals surface area contributed by atoms with Crippen molar-refractivity contribution >= 4 is 22.9 Å². The lowest BCUT2D eigenvalue weighted by molar-refractivity contribution is -0.122. The van der Waals surface area contributed by atoms with Gasteiger partial charge in [0.25, 0.3) is 0 Å². The maximum Gasteiger partial charge on any atom is 0.220 e. The minimum atomic E-state index is 0.0796. The quantitative estimate of drug-likeness (QED) is 0.903. The number of anilines is 1. The second-order valence-corrected chi connectivity index (χ2v) is 5.63. The van der Waals surface area contributed by atoms with E-state index in [1.807, 2.05) is 36.6 Å². The normalized spacial score (nSPS) is 19.0. The van der Waals surface area contributed by atoms with Crippen LogP contribution in [0, 0.1) is 0 Å². The molecule has 1 aromatic heterocycles. The van der Waals surface area contributed by atoms with Gasteiger partial charge in [0.15, 0.2) is 0 Å². The number of ether oxygens (including phenoxy) is 1. The number of nitrogens with one attached hydrogen (secondary N) is 1. The Kier molecular flexibility index (Phi) is 3.45. The van der Waals surface area contributed by atoms with Gasteiger partial charge in [-0.25, -0.2) is 4.98 Å². The summed E-state index contributed by atoms with van der Waals surface area (Å²) in [5, 5.41) is 2.88. The summed E-state index contributed by atoms with van der Waals surface area (Å²) in [6.45, 7) is 4.55. The van der Waals surface area contributed by atoms with Crippen LogP contribution in [0.4, 0.5) is 5.95 Å². The topological polar surface area (TPSA) is 82.2 Å². The largest absolute Gasteiger partial charge is 0.489 e. The Balaban J connectivity index is 2.03. The third kappa shape index (κ3) is 2.53. The number of rotatable bonds is 3. The van der Waals surface area contributed by atoms with Crippen molar-refractivity contribution in [1.29, 1.82) is 0 Å². The zero-order valence-electron chi connectivity index (χ0n) is 12.3. The summed E-state index contributed by atoms with van der Waals surface area (Å²) < 4.78 is 7.80. The number of nitrogen functional groups attached to an aromatic ring is 1. The smallest absolute Gasteiger partial charge is 0.220 e. The van der Waals surface area contributed by atoms with Crippen LogP contribution in [-0.4, -0.2) is 28.1 Å². The van der Waals surface area contributed by atoms with Crippen LogP contribution in [0.25, 0.3) is 11.0 Å². The Morgan fingerprint density at radius 2 is 2.29 bits per heavy atom. The Hall–Kier alpha value is -2.24. The Bertz CT molecular complexity index is 668. The summed E-state index contributed by atoms with van der Waals surface area (Å²) in [6, 6.07) is 5.98. The maximum absolute atomic E-state index is 11.3. The number of piperidine rings is 1. The van der Waals surface area contributed by atoms with Crippen LogP contribution in [0.3, 0.4) is 0 Å². The SMILES string of the molecule is CC(C)Oc1cccc2c1nc(N)n2C1CCC(=O)NC1. The summed E-state index contributed by atoms with van der Waals surface area (Å²) in [4.78, 5) is 15.8. The van der Waals surface area contributed by atoms with E-state index in [4.69, 9.17) is 10.5 Å². The molecule has 1 aliphatic heterocycles. The Labute approximate surface area is 123 Å². The van der Waals surface area contributed by atoms with E-state index in [9.17, 15) is 4.79 Å². The van der Waals surface area contributed by atoms with Crippen molar-refractivity contribution in [1.82, 2.24) is 14.9 Å². The predicted octanol–water partition coefficient (Wildman–Crippen LogP) is 1.86. The molecule has 1 aromatic carbocycles.